The van der Waals surface area contributed by atoms with Gasteiger partial charge in [-0.15, -0.1) is 0 Å². The molecule has 27 heavy (non-hydrogen) atoms. The summed E-state index contributed by atoms with van der Waals surface area (Å²) >= 11 is 11.9. The third kappa shape index (κ3) is 4.15. The Morgan fingerprint density at radius 2 is 2.04 bits per heavy atom. The van der Waals surface area contributed by atoms with E-state index in [0.717, 1.165) is 11.3 Å². The van der Waals surface area contributed by atoms with E-state index in [1.165, 1.54) is 0 Å². The van der Waals surface area contributed by atoms with Crippen molar-refractivity contribution >= 4 is 46.5 Å². The molecular weight excluding hydrogens is 391 g/mol. The number of amides is 1. The number of carbonyl (C=O) groups is 1. The molecular formula is C18H14Cl2N4O3. The normalized spacial score (nSPS) is 13.0. The smallest absolute Gasteiger partial charge is 0.326 e. The van der Waals surface area contributed by atoms with Gasteiger partial charge in [-0.3, -0.25) is 4.79 Å². The van der Waals surface area contributed by atoms with Gasteiger partial charge in [0.05, 0.1) is 10.0 Å². The summed E-state index contributed by atoms with van der Waals surface area (Å²) in [6.07, 6.45) is 1.17. The van der Waals surface area contributed by atoms with Crippen molar-refractivity contribution in [3.63, 3.8) is 0 Å². The van der Waals surface area contributed by atoms with Gasteiger partial charge in [-0.2, -0.15) is 4.98 Å². The Morgan fingerprint density at radius 1 is 1.15 bits per heavy atom. The summed E-state index contributed by atoms with van der Waals surface area (Å²) in [5.74, 6) is 1.10. The Morgan fingerprint density at radius 3 is 2.89 bits per heavy atom. The third-order valence-corrected chi connectivity index (χ3v) is 4.72. The van der Waals surface area contributed by atoms with Crippen molar-refractivity contribution in [1.29, 1.82) is 0 Å². The summed E-state index contributed by atoms with van der Waals surface area (Å²) in [4.78, 5) is 15.6. The zero-order chi connectivity index (χ0) is 18.8. The molecule has 0 spiro atoms. The first-order valence-corrected chi connectivity index (χ1v) is 8.93. The van der Waals surface area contributed by atoms with E-state index in [-0.39, 0.29) is 18.5 Å². The number of rotatable bonds is 5. The monoisotopic (exact) mass is 404 g/mol. The molecule has 0 saturated carbocycles. The maximum Gasteiger partial charge on any atom is 0.326 e. The second-order valence-electron chi connectivity index (χ2n) is 5.93. The summed E-state index contributed by atoms with van der Waals surface area (Å²) < 4.78 is 10.9. The van der Waals surface area contributed by atoms with Crippen molar-refractivity contribution in [2.45, 2.75) is 19.4 Å². The van der Waals surface area contributed by atoms with Crippen LogP contribution in [0.25, 0.3) is 0 Å². The Bertz CT molecular complexity index is 1010. The minimum Gasteiger partial charge on any atom is -0.485 e. The van der Waals surface area contributed by atoms with Crippen LogP contribution in [0.3, 0.4) is 0 Å². The molecule has 1 aliphatic heterocycles. The highest BCUT2D eigenvalue weighted by molar-refractivity contribution is 6.42. The number of aryl methyl sites for hydroxylation is 1. The van der Waals surface area contributed by atoms with Gasteiger partial charge >= 0.3 is 6.01 Å². The molecule has 9 heteroatoms. The van der Waals surface area contributed by atoms with E-state index >= 15 is 0 Å². The second kappa shape index (κ2) is 7.46. The molecule has 2 N–H and O–H groups in total. The minimum absolute atomic E-state index is 0.0324. The Kier molecular flexibility index (Phi) is 4.87. The highest BCUT2D eigenvalue weighted by Crippen LogP contribution is 2.28. The molecule has 2 heterocycles. The molecule has 1 aromatic heterocycles. The van der Waals surface area contributed by atoms with Crippen molar-refractivity contribution < 1.29 is 14.1 Å². The van der Waals surface area contributed by atoms with E-state index in [4.69, 9.17) is 32.5 Å². The van der Waals surface area contributed by atoms with E-state index in [1.807, 2.05) is 12.1 Å². The lowest BCUT2D eigenvalue weighted by molar-refractivity contribution is -0.116. The average molecular weight is 405 g/mol. The molecule has 0 bridgehead atoms. The van der Waals surface area contributed by atoms with Gasteiger partial charge in [-0.25, -0.2) is 0 Å². The van der Waals surface area contributed by atoms with Gasteiger partial charge in [0, 0.05) is 17.8 Å². The molecule has 7 nitrogen and oxygen atoms in total. The van der Waals surface area contributed by atoms with E-state index in [9.17, 15) is 4.79 Å². The Hall–Kier alpha value is -2.77. The number of carbonyl (C=O) groups excluding carboxylic acids is 1. The quantitative estimate of drug-likeness (QED) is 0.646. The van der Waals surface area contributed by atoms with E-state index in [0.29, 0.717) is 40.1 Å². The van der Waals surface area contributed by atoms with E-state index in [1.54, 1.807) is 24.3 Å². The lowest BCUT2D eigenvalue weighted by Crippen LogP contribution is -2.18. The Labute approximate surface area is 164 Å². The van der Waals surface area contributed by atoms with Crippen LogP contribution in [0.2, 0.25) is 10.0 Å². The van der Waals surface area contributed by atoms with E-state index in [2.05, 4.69) is 20.8 Å². The summed E-state index contributed by atoms with van der Waals surface area (Å²) in [6, 6.07) is 10.8. The fourth-order valence-electron chi connectivity index (χ4n) is 2.66. The van der Waals surface area contributed by atoms with E-state index < -0.39 is 0 Å². The first-order valence-electron chi connectivity index (χ1n) is 8.17. The molecule has 2 aromatic carbocycles. The van der Waals surface area contributed by atoms with Gasteiger partial charge in [0.1, 0.15) is 5.75 Å². The number of hydrogen-bond donors (Lipinski definition) is 2. The number of aromatic nitrogens is 2. The maximum absolute atomic E-state index is 11.4. The summed E-state index contributed by atoms with van der Waals surface area (Å²) in [7, 11) is 0. The van der Waals surface area contributed by atoms with Crippen LogP contribution < -0.4 is 15.4 Å². The fourth-order valence-corrected chi connectivity index (χ4v) is 2.96. The van der Waals surface area contributed by atoms with Crippen molar-refractivity contribution in [3.8, 4) is 5.75 Å². The molecule has 0 fully saturated rings. The lowest BCUT2D eigenvalue weighted by Gasteiger charge is -2.17. The zero-order valence-electron chi connectivity index (χ0n) is 14.0. The van der Waals surface area contributed by atoms with Gasteiger partial charge < -0.3 is 19.9 Å². The fraction of sp³-hybridized carbons (Fsp3) is 0.167. The third-order valence-electron chi connectivity index (χ3n) is 3.98. The van der Waals surface area contributed by atoms with Crippen LogP contribution >= 0.6 is 23.2 Å². The molecule has 0 radical (unpaired) electrons. The van der Waals surface area contributed by atoms with Crippen LogP contribution in [0.5, 0.6) is 5.75 Å². The molecule has 0 unspecified atom stereocenters. The molecule has 0 aliphatic carbocycles. The van der Waals surface area contributed by atoms with Crippen LogP contribution in [-0.4, -0.2) is 16.0 Å². The zero-order valence-corrected chi connectivity index (χ0v) is 15.5. The first-order chi connectivity index (χ1) is 13.1. The van der Waals surface area contributed by atoms with Crippen LogP contribution in [0.4, 0.5) is 17.4 Å². The number of ether oxygens (including phenoxy) is 1. The first kappa shape index (κ1) is 17.6. The van der Waals surface area contributed by atoms with Gasteiger partial charge in [-0.1, -0.05) is 28.4 Å². The Balaban J connectivity index is 1.38. The summed E-state index contributed by atoms with van der Waals surface area (Å²) in [6.45, 7) is 0.150. The van der Waals surface area contributed by atoms with Crippen LogP contribution in [0.1, 0.15) is 17.8 Å². The number of benzene rings is 2. The van der Waals surface area contributed by atoms with Crippen molar-refractivity contribution in [1.82, 2.24) is 10.1 Å². The minimum atomic E-state index is 0.0324. The number of hydrogen-bond acceptors (Lipinski definition) is 6. The SMILES string of the molecule is O=C1CCc2cc(OCc3noc(Nc4ccc(Cl)c(Cl)c4)n3)ccc2N1. The second-order valence-corrected chi connectivity index (χ2v) is 6.74. The molecule has 1 aliphatic rings. The van der Waals surface area contributed by atoms with Crippen LogP contribution in [0.15, 0.2) is 40.9 Å². The molecule has 138 valence electrons. The molecule has 1 amide bonds. The molecule has 3 aromatic rings. The van der Waals surface area contributed by atoms with Crippen molar-refractivity contribution in [3.05, 3.63) is 57.8 Å². The maximum atomic E-state index is 11.4. The van der Waals surface area contributed by atoms with Crippen LogP contribution in [0, 0.1) is 0 Å². The highest BCUT2D eigenvalue weighted by atomic mass is 35.5. The predicted octanol–water partition coefficient (Wildman–Crippen LogP) is 4.58. The van der Waals surface area contributed by atoms with Gasteiger partial charge in [0.2, 0.25) is 11.7 Å². The number of nitrogens with zero attached hydrogens (tertiary/aromatic N) is 2. The number of fused-ring (bicyclic) bond motifs is 1. The van der Waals surface area contributed by atoms with Crippen molar-refractivity contribution in [2.75, 3.05) is 10.6 Å². The highest BCUT2D eigenvalue weighted by Gasteiger charge is 2.15. The molecule has 0 saturated heterocycles. The van der Waals surface area contributed by atoms with Crippen molar-refractivity contribution in [2.24, 2.45) is 0 Å². The lowest BCUT2D eigenvalue weighted by atomic mass is 10.0. The van der Waals surface area contributed by atoms with Gasteiger partial charge in [0.15, 0.2) is 6.61 Å². The van der Waals surface area contributed by atoms with Gasteiger partial charge in [0.25, 0.3) is 0 Å². The standard InChI is InChI=1S/C18H14Cl2N4O3/c19-13-4-2-11(8-14(13)20)21-18-23-16(24-27-18)9-26-12-3-5-15-10(7-12)1-6-17(25)22-15/h2-5,7-8H,1,6,9H2,(H,22,25)(H,21,23,24). The average Bonchev–Trinajstić information content (AvgIpc) is 3.10. The van der Waals surface area contributed by atoms with Gasteiger partial charge in [-0.05, 0) is 48.4 Å². The molecule has 0 atom stereocenters. The number of nitrogens with one attached hydrogen (secondary N) is 2. The number of anilines is 3. The molecule has 4 rings (SSSR count). The largest absolute Gasteiger partial charge is 0.485 e. The number of halogens is 2. The summed E-state index contributed by atoms with van der Waals surface area (Å²) in [5, 5.41) is 10.6. The van der Waals surface area contributed by atoms with Crippen LogP contribution in [-0.2, 0) is 17.8 Å². The summed E-state index contributed by atoms with van der Waals surface area (Å²) in [5.41, 5.74) is 2.55. The predicted molar refractivity (Wildman–Crippen MR) is 102 cm³/mol. The topological polar surface area (TPSA) is 89.3 Å².